The quantitative estimate of drug-likeness (QED) is 0.447. The van der Waals surface area contributed by atoms with E-state index in [4.69, 9.17) is 4.74 Å². The number of nitro benzene ring substituents is 1. The summed E-state index contributed by atoms with van der Waals surface area (Å²) in [6.07, 6.45) is 0.106. The van der Waals surface area contributed by atoms with Crippen LogP contribution in [0.5, 0.6) is 5.75 Å². The van der Waals surface area contributed by atoms with E-state index >= 15 is 0 Å². The third-order valence-corrected chi connectivity index (χ3v) is 5.55. The molecule has 8 heteroatoms. The lowest BCUT2D eigenvalue weighted by atomic mass is 9.92. The maximum atomic E-state index is 11.6. The molecule has 1 aromatic rings. The standard InChI is InChI=1S/C12H18NO6P/c1-4-12(5-2,20(16,17)18)9-6-7-11(19-3)10(8-9)13(14)15/h6-8H,4-5H2,1-3H3,(H2,16,17,18)/p-2. The second kappa shape index (κ2) is 5.91. The molecule has 20 heavy (non-hydrogen) atoms. The highest BCUT2D eigenvalue weighted by molar-refractivity contribution is 7.50. The normalized spacial score (nSPS) is 12.2. The zero-order chi connectivity index (χ0) is 15.6. The minimum Gasteiger partial charge on any atom is -0.810 e. The summed E-state index contributed by atoms with van der Waals surface area (Å²) in [5.41, 5.74) is -0.229. The van der Waals surface area contributed by atoms with Crippen LogP contribution < -0.4 is 14.5 Å². The van der Waals surface area contributed by atoms with Crippen molar-refractivity contribution < 1.29 is 24.0 Å². The predicted molar refractivity (Wildman–Crippen MR) is 69.5 cm³/mol. The highest BCUT2D eigenvalue weighted by Crippen LogP contribution is 2.56. The van der Waals surface area contributed by atoms with Crippen LogP contribution in [0.15, 0.2) is 18.2 Å². The fourth-order valence-corrected chi connectivity index (χ4v) is 3.56. The Bertz CT molecular complexity index is 549. The first-order chi connectivity index (χ1) is 9.23. The molecule has 0 fully saturated rings. The highest BCUT2D eigenvalue weighted by Gasteiger charge is 2.34. The Hall–Kier alpha value is -1.43. The average Bonchev–Trinajstić information content (AvgIpc) is 2.38. The Labute approximate surface area is 116 Å². The van der Waals surface area contributed by atoms with Crippen LogP contribution in [-0.4, -0.2) is 12.0 Å². The second-order valence-corrected chi connectivity index (χ2v) is 6.23. The molecule has 7 nitrogen and oxygen atoms in total. The molecule has 0 bridgehead atoms. The van der Waals surface area contributed by atoms with Crippen molar-refractivity contribution in [2.75, 3.05) is 7.11 Å². The van der Waals surface area contributed by atoms with E-state index in [1.54, 1.807) is 13.8 Å². The zero-order valence-corrected chi connectivity index (χ0v) is 12.4. The first kappa shape index (κ1) is 16.6. The van der Waals surface area contributed by atoms with Gasteiger partial charge in [0.15, 0.2) is 5.75 Å². The van der Waals surface area contributed by atoms with Crippen LogP contribution in [0.25, 0.3) is 0 Å². The lowest BCUT2D eigenvalue weighted by Gasteiger charge is -2.49. The second-order valence-electron chi connectivity index (χ2n) is 4.38. The number of hydrogen-bond donors (Lipinski definition) is 0. The van der Waals surface area contributed by atoms with Gasteiger partial charge in [-0.3, -0.25) is 10.1 Å². The molecule has 0 aliphatic rings. The van der Waals surface area contributed by atoms with Crippen molar-refractivity contribution in [3.63, 3.8) is 0 Å². The Morgan fingerprint density at radius 3 is 2.20 bits per heavy atom. The highest BCUT2D eigenvalue weighted by atomic mass is 31.2. The van der Waals surface area contributed by atoms with Gasteiger partial charge in [-0.1, -0.05) is 27.5 Å². The SMILES string of the molecule is CCC(CC)(c1ccc(OC)c([N+](=O)[O-])c1)P(=O)([O-])[O-]. The van der Waals surface area contributed by atoms with E-state index in [1.807, 2.05) is 0 Å². The molecule has 0 atom stereocenters. The first-order valence-electron chi connectivity index (χ1n) is 6.08. The van der Waals surface area contributed by atoms with Gasteiger partial charge < -0.3 is 19.1 Å². The molecule has 0 radical (unpaired) electrons. The Morgan fingerprint density at radius 1 is 1.30 bits per heavy atom. The monoisotopic (exact) mass is 301 g/mol. The molecule has 0 amide bonds. The van der Waals surface area contributed by atoms with Crippen molar-refractivity contribution >= 4 is 13.3 Å². The van der Waals surface area contributed by atoms with E-state index in [9.17, 15) is 24.5 Å². The molecular weight excluding hydrogens is 285 g/mol. The molecule has 0 N–H and O–H groups in total. The average molecular weight is 301 g/mol. The van der Waals surface area contributed by atoms with Crippen molar-refractivity contribution in [1.29, 1.82) is 0 Å². The van der Waals surface area contributed by atoms with E-state index in [0.717, 1.165) is 6.07 Å². The van der Waals surface area contributed by atoms with E-state index < -0.39 is 17.7 Å². The molecule has 1 aromatic carbocycles. The van der Waals surface area contributed by atoms with Gasteiger partial charge in [0.2, 0.25) is 0 Å². The molecule has 0 aliphatic heterocycles. The van der Waals surface area contributed by atoms with Crippen LogP contribution in [0.4, 0.5) is 5.69 Å². The molecule has 0 heterocycles. The van der Waals surface area contributed by atoms with Crippen LogP contribution in [0.3, 0.4) is 0 Å². The van der Waals surface area contributed by atoms with Gasteiger partial charge >= 0.3 is 5.69 Å². The number of methoxy groups -OCH3 is 1. The van der Waals surface area contributed by atoms with Gasteiger partial charge in [-0.25, -0.2) is 0 Å². The Kier molecular flexibility index (Phi) is 4.91. The summed E-state index contributed by atoms with van der Waals surface area (Å²) in [7, 11) is -3.69. The predicted octanol–water partition coefficient (Wildman–Crippen LogP) is 1.53. The Morgan fingerprint density at radius 2 is 1.85 bits per heavy atom. The van der Waals surface area contributed by atoms with E-state index in [0.29, 0.717) is 0 Å². The number of ether oxygens (including phenoxy) is 1. The minimum absolute atomic E-state index is 0.0199. The van der Waals surface area contributed by atoms with Gasteiger partial charge in [0.05, 0.1) is 12.0 Å². The molecule has 1 rings (SSSR count). The summed E-state index contributed by atoms with van der Waals surface area (Å²) in [5, 5.41) is 9.35. The number of benzene rings is 1. The molecule has 0 saturated carbocycles. The molecule has 0 aliphatic carbocycles. The van der Waals surface area contributed by atoms with Gasteiger partial charge in [0.25, 0.3) is 0 Å². The number of hydrogen-bond acceptors (Lipinski definition) is 6. The van der Waals surface area contributed by atoms with Crippen LogP contribution in [0, 0.1) is 10.1 Å². The third kappa shape index (κ3) is 2.70. The summed E-state index contributed by atoms with van der Waals surface area (Å²) in [4.78, 5) is 33.6. The number of nitrogens with zero attached hydrogens (tertiary/aromatic N) is 1. The van der Waals surface area contributed by atoms with Gasteiger partial charge in [0, 0.05) is 11.2 Å². The van der Waals surface area contributed by atoms with Crippen molar-refractivity contribution in [3.05, 3.63) is 33.9 Å². The maximum Gasteiger partial charge on any atom is 0.311 e. The molecule has 0 spiro atoms. The summed E-state index contributed by atoms with van der Waals surface area (Å²) in [6.45, 7) is 3.14. The zero-order valence-electron chi connectivity index (χ0n) is 11.5. The smallest absolute Gasteiger partial charge is 0.311 e. The minimum atomic E-state index is -4.97. The van der Waals surface area contributed by atoms with Gasteiger partial charge in [-0.2, -0.15) is 0 Å². The molecule has 112 valence electrons. The topological polar surface area (TPSA) is 116 Å². The van der Waals surface area contributed by atoms with Crippen LogP contribution in [0.2, 0.25) is 0 Å². The van der Waals surface area contributed by atoms with Crippen molar-refractivity contribution in [2.24, 2.45) is 0 Å². The number of rotatable bonds is 6. The lowest BCUT2D eigenvalue weighted by molar-refractivity contribution is -0.385. The fourth-order valence-electron chi connectivity index (χ4n) is 2.33. The van der Waals surface area contributed by atoms with Crippen molar-refractivity contribution in [2.45, 2.75) is 31.8 Å². The van der Waals surface area contributed by atoms with Gasteiger partial charge in [-0.15, -0.1) is 0 Å². The molecule has 0 aromatic heterocycles. The van der Waals surface area contributed by atoms with Gasteiger partial charge in [0.1, 0.15) is 0 Å². The van der Waals surface area contributed by atoms with Crippen LogP contribution in [-0.2, 0) is 9.72 Å². The van der Waals surface area contributed by atoms with E-state index in [-0.39, 0.29) is 29.8 Å². The molecule has 0 unspecified atom stereocenters. The summed E-state index contributed by atoms with van der Waals surface area (Å²) in [6, 6.07) is 3.80. The fraction of sp³-hybridized carbons (Fsp3) is 0.500. The summed E-state index contributed by atoms with van der Waals surface area (Å²) >= 11 is 0. The third-order valence-electron chi connectivity index (χ3n) is 3.61. The molecule has 0 saturated heterocycles. The number of nitro groups is 1. The first-order valence-corrected chi connectivity index (χ1v) is 7.62. The largest absolute Gasteiger partial charge is 0.810 e. The maximum absolute atomic E-state index is 11.6. The van der Waals surface area contributed by atoms with E-state index in [1.165, 1.54) is 19.2 Å². The lowest BCUT2D eigenvalue weighted by Crippen LogP contribution is -2.36. The Balaban J connectivity index is 3.55. The van der Waals surface area contributed by atoms with Crippen molar-refractivity contribution in [1.82, 2.24) is 0 Å². The van der Waals surface area contributed by atoms with Crippen molar-refractivity contribution in [3.8, 4) is 5.75 Å². The van der Waals surface area contributed by atoms with Crippen LogP contribution >= 0.6 is 7.60 Å². The van der Waals surface area contributed by atoms with Crippen LogP contribution in [0.1, 0.15) is 32.3 Å². The van der Waals surface area contributed by atoms with E-state index in [2.05, 4.69) is 0 Å². The summed E-state index contributed by atoms with van der Waals surface area (Å²) in [5.74, 6) is 0.0199. The van der Waals surface area contributed by atoms with Gasteiger partial charge in [-0.05, 0) is 24.5 Å². The summed E-state index contributed by atoms with van der Waals surface area (Å²) < 4.78 is 16.5. The molecular formula is C12H16NO6P-2.